The van der Waals surface area contributed by atoms with Crippen molar-refractivity contribution in [2.45, 2.75) is 31.9 Å². The van der Waals surface area contributed by atoms with Crippen molar-refractivity contribution in [2.75, 3.05) is 13.2 Å². The van der Waals surface area contributed by atoms with Crippen LogP contribution in [0.2, 0.25) is 0 Å². The van der Waals surface area contributed by atoms with Gasteiger partial charge in [-0.15, -0.1) is 11.6 Å². The predicted molar refractivity (Wildman–Crippen MR) is 69.1 cm³/mol. The van der Waals surface area contributed by atoms with E-state index in [1.165, 1.54) is 0 Å². The number of ether oxygens (including phenoxy) is 2. The van der Waals surface area contributed by atoms with Crippen LogP contribution in [0.25, 0.3) is 0 Å². The lowest BCUT2D eigenvalue weighted by atomic mass is 9.93. The number of hydrogen-bond acceptors (Lipinski definition) is 2. The fraction of sp³-hybridized carbons (Fsp3) is 0.571. The predicted octanol–water partition coefficient (Wildman–Crippen LogP) is 3.76. The van der Waals surface area contributed by atoms with Crippen LogP contribution in [0.15, 0.2) is 30.3 Å². The Morgan fingerprint density at radius 1 is 1.06 bits per heavy atom. The van der Waals surface area contributed by atoms with E-state index < -0.39 is 5.79 Å². The summed E-state index contributed by atoms with van der Waals surface area (Å²) in [5.74, 6) is -0.738. The first kappa shape index (κ1) is 12.9. The van der Waals surface area contributed by atoms with Crippen LogP contribution < -0.4 is 0 Å². The van der Waals surface area contributed by atoms with Gasteiger partial charge >= 0.3 is 0 Å². The maximum atomic E-state index is 6.47. The molecule has 1 unspecified atom stereocenters. The lowest BCUT2D eigenvalue weighted by Crippen LogP contribution is -2.47. The third-order valence-corrected chi connectivity index (χ3v) is 3.70. The molecule has 2 rings (SSSR count). The van der Waals surface area contributed by atoms with Gasteiger partial charge in [-0.2, -0.15) is 0 Å². The average Bonchev–Trinajstić information content (AvgIpc) is 2.34. The van der Waals surface area contributed by atoms with E-state index in [2.05, 4.69) is 13.8 Å². The second-order valence-electron chi connectivity index (χ2n) is 5.53. The summed E-state index contributed by atoms with van der Waals surface area (Å²) < 4.78 is 11.7. The largest absolute Gasteiger partial charge is 0.348 e. The highest BCUT2D eigenvalue weighted by molar-refractivity contribution is 6.21. The second-order valence-corrected chi connectivity index (χ2v) is 5.97. The summed E-state index contributed by atoms with van der Waals surface area (Å²) in [6.45, 7) is 7.49. The van der Waals surface area contributed by atoms with Crippen LogP contribution in [-0.4, -0.2) is 19.0 Å². The van der Waals surface area contributed by atoms with Gasteiger partial charge < -0.3 is 9.47 Å². The van der Waals surface area contributed by atoms with Gasteiger partial charge in [-0.3, -0.25) is 0 Å². The molecule has 1 atom stereocenters. The van der Waals surface area contributed by atoms with Crippen molar-refractivity contribution in [3.05, 3.63) is 35.9 Å². The summed E-state index contributed by atoms with van der Waals surface area (Å²) in [4.78, 5) is 0. The molecule has 1 saturated heterocycles. The molecule has 1 aliphatic heterocycles. The molecule has 0 bridgehead atoms. The molecule has 17 heavy (non-hydrogen) atoms. The fourth-order valence-corrected chi connectivity index (χ4v) is 2.10. The Morgan fingerprint density at radius 2 is 1.59 bits per heavy atom. The molecule has 0 amide bonds. The zero-order valence-corrected chi connectivity index (χ0v) is 11.3. The molecule has 2 nitrogen and oxygen atoms in total. The Balaban J connectivity index is 2.12. The number of halogens is 1. The van der Waals surface area contributed by atoms with Gasteiger partial charge in [0.1, 0.15) is 5.38 Å². The SMILES string of the molecule is CC1(C)COC(C)(C(Cl)c2ccccc2)OC1. The Labute approximate surface area is 108 Å². The van der Waals surface area contributed by atoms with Gasteiger partial charge in [0.15, 0.2) is 5.79 Å². The van der Waals surface area contributed by atoms with Crippen molar-refractivity contribution in [3.63, 3.8) is 0 Å². The third kappa shape index (κ3) is 2.82. The minimum atomic E-state index is -0.738. The maximum Gasteiger partial charge on any atom is 0.185 e. The molecule has 0 aliphatic carbocycles. The highest BCUT2D eigenvalue weighted by atomic mass is 35.5. The van der Waals surface area contributed by atoms with Crippen LogP contribution in [0.4, 0.5) is 0 Å². The van der Waals surface area contributed by atoms with Gasteiger partial charge in [-0.25, -0.2) is 0 Å². The van der Waals surface area contributed by atoms with Gasteiger partial charge in [-0.1, -0.05) is 44.2 Å². The molecule has 0 radical (unpaired) electrons. The van der Waals surface area contributed by atoms with E-state index in [0.717, 1.165) is 5.56 Å². The highest BCUT2D eigenvalue weighted by Gasteiger charge is 2.42. The summed E-state index contributed by atoms with van der Waals surface area (Å²) in [7, 11) is 0. The third-order valence-electron chi connectivity index (χ3n) is 3.05. The Morgan fingerprint density at radius 3 is 2.12 bits per heavy atom. The van der Waals surface area contributed by atoms with Crippen molar-refractivity contribution in [2.24, 2.45) is 5.41 Å². The van der Waals surface area contributed by atoms with Gasteiger partial charge in [0.05, 0.1) is 13.2 Å². The van der Waals surface area contributed by atoms with Crippen LogP contribution in [0.5, 0.6) is 0 Å². The van der Waals surface area contributed by atoms with Gasteiger partial charge in [-0.05, 0) is 12.5 Å². The summed E-state index contributed by atoms with van der Waals surface area (Å²) in [5, 5.41) is -0.292. The fourth-order valence-electron chi connectivity index (χ4n) is 1.83. The Kier molecular flexibility index (Phi) is 3.48. The number of hydrogen-bond donors (Lipinski definition) is 0. The summed E-state index contributed by atoms with van der Waals surface area (Å²) in [6, 6.07) is 9.91. The van der Waals surface area contributed by atoms with Crippen molar-refractivity contribution >= 4 is 11.6 Å². The first-order chi connectivity index (χ1) is 7.93. The van der Waals surface area contributed by atoms with E-state index in [0.29, 0.717) is 13.2 Å². The zero-order valence-electron chi connectivity index (χ0n) is 10.6. The van der Waals surface area contributed by atoms with E-state index in [4.69, 9.17) is 21.1 Å². The van der Waals surface area contributed by atoms with Crippen molar-refractivity contribution in [1.29, 1.82) is 0 Å². The molecule has 0 N–H and O–H groups in total. The summed E-state index contributed by atoms with van der Waals surface area (Å²) in [6.07, 6.45) is 0. The standard InChI is InChI=1S/C14H19ClO2/c1-13(2)9-16-14(3,17-10-13)12(15)11-7-5-4-6-8-11/h4-8,12H,9-10H2,1-3H3. The van der Waals surface area contributed by atoms with Crippen LogP contribution >= 0.6 is 11.6 Å². The van der Waals surface area contributed by atoms with Gasteiger partial charge in [0.2, 0.25) is 0 Å². The van der Waals surface area contributed by atoms with E-state index >= 15 is 0 Å². The Hall–Kier alpha value is -0.570. The molecule has 1 fully saturated rings. The second kappa shape index (κ2) is 4.60. The number of rotatable bonds is 2. The minimum absolute atomic E-state index is 0.0623. The molecule has 1 aromatic rings. The van der Waals surface area contributed by atoms with Crippen molar-refractivity contribution < 1.29 is 9.47 Å². The Bertz CT molecular complexity index is 365. The van der Waals surface area contributed by atoms with Crippen molar-refractivity contribution in [3.8, 4) is 0 Å². The molecule has 1 aliphatic rings. The lowest BCUT2D eigenvalue weighted by Gasteiger charge is -2.43. The zero-order chi connectivity index (χ0) is 12.5. The quantitative estimate of drug-likeness (QED) is 0.749. The molecule has 3 heteroatoms. The van der Waals surface area contributed by atoms with Gasteiger partial charge in [0.25, 0.3) is 0 Å². The monoisotopic (exact) mass is 254 g/mol. The smallest absolute Gasteiger partial charge is 0.185 e. The molecule has 94 valence electrons. The topological polar surface area (TPSA) is 18.5 Å². The lowest BCUT2D eigenvalue weighted by molar-refractivity contribution is -0.290. The molecule has 0 spiro atoms. The molecule has 0 saturated carbocycles. The first-order valence-corrected chi connectivity index (χ1v) is 6.34. The first-order valence-electron chi connectivity index (χ1n) is 5.90. The van der Waals surface area contributed by atoms with Crippen LogP contribution in [0.1, 0.15) is 31.7 Å². The number of alkyl halides is 1. The van der Waals surface area contributed by atoms with E-state index in [1.54, 1.807) is 0 Å². The molecular formula is C14H19ClO2. The molecule has 1 heterocycles. The van der Waals surface area contributed by atoms with Crippen LogP contribution in [0, 0.1) is 5.41 Å². The summed E-state index contributed by atoms with van der Waals surface area (Å²) >= 11 is 6.47. The normalized spacial score (nSPS) is 24.2. The molecular weight excluding hydrogens is 236 g/mol. The van der Waals surface area contributed by atoms with Gasteiger partial charge in [0, 0.05) is 5.41 Å². The summed E-state index contributed by atoms with van der Waals surface area (Å²) in [5.41, 5.74) is 1.09. The molecule has 1 aromatic carbocycles. The van der Waals surface area contributed by atoms with E-state index in [1.807, 2.05) is 37.3 Å². The minimum Gasteiger partial charge on any atom is -0.348 e. The number of benzene rings is 1. The maximum absolute atomic E-state index is 6.47. The highest BCUT2D eigenvalue weighted by Crippen LogP contribution is 2.41. The molecule has 0 aromatic heterocycles. The van der Waals surface area contributed by atoms with Crippen LogP contribution in [0.3, 0.4) is 0 Å². The van der Waals surface area contributed by atoms with Crippen LogP contribution in [-0.2, 0) is 9.47 Å². The van der Waals surface area contributed by atoms with Crippen molar-refractivity contribution in [1.82, 2.24) is 0 Å². The van der Waals surface area contributed by atoms with E-state index in [-0.39, 0.29) is 10.8 Å². The van der Waals surface area contributed by atoms with E-state index in [9.17, 15) is 0 Å². The average molecular weight is 255 g/mol.